The first-order valence-corrected chi connectivity index (χ1v) is 5.85. The monoisotopic (exact) mass is 239 g/mol. The molecule has 1 aliphatic rings. The molecule has 3 nitrogen and oxygen atoms in total. The molecule has 1 saturated heterocycles. The fourth-order valence-electron chi connectivity index (χ4n) is 1.98. The highest BCUT2D eigenvalue weighted by molar-refractivity contribution is 5.19. The topological polar surface area (TPSA) is 41.5 Å². The Morgan fingerprint density at radius 1 is 1.59 bits per heavy atom. The van der Waals surface area contributed by atoms with Crippen molar-refractivity contribution in [2.45, 2.75) is 25.0 Å². The highest BCUT2D eigenvalue weighted by Gasteiger charge is 2.29. The van der Waals surface area contributed by atoms with Crippen molar-refractivity contribution in [3.63, 3.8) is 0 Å². The Hall–Kier alpha value is -0.970. The lowest BCUT2D eigenvalue weighted by atomic mass is 10.0. The van der Waals surface area contributed by atoms with Crippen molar-refractivity contribution < 1.29 is 14.2 Å². The smallest absolute Gasteiger partial charge is 0.123 e. The van der Waals surface area contributed by atoms with Crippen LogP contribution in [0, 0.1) is 5.82 Å². The molecule has 2 N–H and O–H groups in total. The molecule has 0 bridgehead atoms. The SMILES string of the molecule is CC1(NCC(O)c2cccc(F)c2)CCOC1. The molecule has 0 saturated carbocycles. The summed E-state index contributed by atoms with van der Waals surface area (Å²) in [5.41, 5.74) is 0.522. The molecule has 1 aromatic rings. The van der Waals surface area contributed by atoms with Crippen molar-refractivity contribution in [1.82, 2.24) is 5.32 Å². The molecule has 0 aromatic heterocycles. The van der Waals surface area contributed by atoms with Crippen LogP contribution in [0.25, 0.3) is 0 Å². The van der Waals surface area contributed by atoms with Gasteiger partial charge in [-0.2, -0.15) is 0 Å². The summed E-state index contributed by atoms with van der Waals surface area (Å²) >= 11 is 0. The number of β-amino-alcohol motifs (C(OH)–C–C–N with tert-alkyl or cyclic N) is 1. The third kappa shape index (κ3) is 3.25. The molecule has 1 heterocycles. The second kappa shape index (κ2) is 5.12. The van der Waals surface area contributed by atoms with Crippen LogP contribution in [0.4, 0.5) is 4.39 Å². The Morgan fingerprint density at radius 2 is 2.41 bits per heavy atom. The fourth-order valence-corrected chi connectivity index (χ4v) is 1.98. The van der Waals surface area contributed by atoms with Crippen molar-refractivity contribution in [3.05, 3.63) is 35.6 Å². The third-order valence-electron chi connectivity index (χ3n) is 3.17. The van der Waals surface area contributed by atoms with Gasteiger partial charge in [0.25, 0.3) is 0 Å². The minimum Gasteiger partial charge on any atom is -0.387 e. The lowest BCUT2D eigenvalue weighted by Gasteiger charge is -2.25. The van der Waals surface area contributed by atoms with Gasteiger partial charge >= 0.3 is 0 Å². The van der Waals surface area contributed by atoms with Gasteiger partial charge in [0, 0.05) is 18.7 Å². The quantitative estimate of drug-likeness (QED) is 0.839. The van der Waals surface area contributed by atoms with Gasteiger partial charge in [-0.25, -0.2) is 4.39 Å². The molecule has 94 valence electrons. The molecule has 17 heavy (non-hydrogen) atoms. The second-order valence-corrected chi connectivity index (χ2v) is 4.81. The Bertz CT molecular complexity index is 377. The number of benzene rings is 1. The first-order valence-electron chi connectivity index (χ1n) is 5.85. The first-order chi connectivity index (χ1) is 8.09. The number of ether oxygens (including phenoxy) is 1. The predicted molar refractivity (Wildman–Crippen MR) is 63.2 cm³/mol. The maximum Gasteiger partial charge on any atom is 0.123 e. The highest BCUT2D eigenvalue weighted by Crippen LogP contribution is 2.19. The van der Waals surface area contributed by atoms with Gasteiger partial charge < -0.3 is 15.2 Å². The molecular formula is C13H18FNO2. The first kappa shape index (κ1) is 12.5. The van der Waals surface area contributed by atoms with E-state index in [4.69, 9.17) is 4.74 Å². The van der Waals surface area contributed by atoms with Crippen molar-refractivity contribution in [2.75, 3.05) is 19.8 Å². The molecule has 2 unspecified atom stereocenters. The number of rotatable bonds is 4. The molecule has 2 rings (SSSR count). The van der Waals surface area contributed by atoms with Crippen LogP contribution in [-0.4, -0.2) is 30.4 Å². The van der Waals surface area contributed by atoms with Crippen LogP contribution >= 0.6 is 0 Å². The van der Waals surface area contributed by atoms with E-state index in [0.717, 1.165) is 13.0 Å². The van der Waals surface area contributed by atoms with E-state index in [0.29, 0.717) is 18.7 Å². The number of hydrogen-bond acceptors (Lipinski definition) is 3. The van der Waals surface area contributed by atoms with Crippen molar-refractivity contribution in [1.29, 1.82) is 0 Å². The van der Waals surface area contributed by atoms with Crippen LogP contribution < -0.4 is 5.32 Å². The number of hydrogen-bond donors (Lipinski definition) is 2. The molecule has 0 spiro atoms. The molecule has 1 aromatic carbocycles. The zero-order valence-electron chi connectivity index (χ0n) is 9.95. The minimum atomic E-state index is -0.692. The van der Waals surface area contributed by atoms with Gasteiger partial charge in [0.2, 0.25) is 0 Å². The van der Waals surface area contributed by atoms with Crippen molar-refractivity contribution >= 4 is 0 Å². The minimum absolute atomic E-state index is 0.0751. The van der Waals surface area contributed by atoms with Crippen LogP contribution in [0.2, 0.25) is 0 Å². The van der Waals surface area contributed by atoms with Gasteiger partial charge in [0.15, 0.2) is 0 Å². The van der Waals surface area contributed by atoms with Gasteiger partial charge in [-0.3, -0.25) is 0 Å². The van der Waals surface area contributed by atoms with E-state index in [1.807, 2.05) is 0 Å². The maximum absolute atomic E-state index is 13.0. The van der Waals surface area contributed by atoms with E-state index in [9.17, 15) is 9.50 Å². The fraction of sp³-hybridized carbons (Fsp3) is 0.538. The largest absolute Gasteiger partial charge is 0.387 e. The summed E-state index contributed by atoms with van der Waals surface area (Å²) < 4.78 is 18.3. The molecule has 0 aliphatic carbocycles. The van der Waals surface area contributed by atoms with Crippen LogP contribution in [0.3, 0.4) is 0 Å². The number of halogens is 1. The van der Waals surface area contributed by atoms with Crippen LogP contribution in [-0.2, 0) is 4.74 Å². The highest BCUT2D eigenvalue weighted by atomic mass is 19.1. The molecular weight excluding hydrogens is 221 g/mol. The van der Waals surface area contributed by atoms with Crippen LogP contribution in [0.1, 0.15) is 25.0 Å². The summed E-state index contributed by atoms with van der Waals surface area (Å²) in [7, 11) is 0. The zero-order chi connectivity index (χ0) is 12.3. The van der Waals surface area contributed by atoms with E-state index in [2.05, 4.69) is 12.2 Å². The van der Waals surface area contributed by atoms with Crippen molar-refractivity contribution in [2.24, 2.45) is 0 Å². The van der Waals surface area contributed by atoms with Gasteiger partial charge in [0.1, 0.15) is 5.82 Å². The molecule has 1 aliphatic heterocycles. The Kier molecular flexibility index (Phi) is 3.76. The second-order valence-electron chi connectivity index (χ2n) is 4.81. The van der Waals surface area contributed by atoms with E-state index in [1.165, 1.54) is 12.1 Å². The van der Waals surface area contributed by atoms with E-state index in [-0.39, 0.29) is 11.4 Å². The average molecular weight is 239 g/mol. The van der Waals surface area contributed by atoms with Gasteiger partial charge in [-0.15, -0.1) is 0 Å². The van der Waals surface area contributed by atoms with Gasteiger partial charge in [-0.05, 0) is 31.0 Å². The molecule has 0 amide bonds. The predicted octanol–water partition coefficient (Wildman–Crippen LogP) is 1.63. The zero-order valence-corrected chi connectivity index (χ0v) is 9.95. The summed E-state index contributed by atoms with van der Waals surface area (Å²) in [6, 6.07) is 6.06. The molecule has 1 fully saturated rings. The number of aliphatic hydroxyl groups excluding tert-OH is 1. The van der Waals surface area contributed by atoms with Crippen LogP contribution in [0.15, 0.2) is 24.3 Å². The average Bonchev–Trinajstić information content (AvgIpc) is 2.74. The summed E-state index contributed by atoms with van der Waals surface area (Å²) in [6.07, 6.45) is 0.242. The third-order valence-corrected chi connectivity index (χ3v) is 3.17. The van der Waals surface area contributed by atoms with E-state index >= 15 is 0 Å². The molecule has 4 heteroatoms. The maximum atomic E-state index is 13.0. The summed E-state index contributed by atoms with van der Waals surface area (Å²) in [5.74, 6) is -0.322. The summed E-state index contributed by atoms with van der Waals surface area (Å²) in [5, 5.41) is 13.2. The van der Waals surface area contributed by atoms with E-state index in [1.54, 1.807) is 12.1 Å². The lowest BCUT2D eigenvalue weighted by Crippen LogP contribution is -2.44. The molecule has 0 radical (unpaired) electrons. The van der Waals surface area contributed by atoms with Gasteiger partial charge in [-0.1, -0.05) is 12.1 Å². The summed E-state index contributed by atoms with van der Waals surface area (Å²) in [4.78, 5) is 0. The Balaban J connectivity index is 1.91. The normalized spacial score (nSPS) is 26.1. The number of nitrogens with one attached hydrogen (secondary N) is 1. The Morgan fingerprint density at radius 3 is 3.06 bits per heavy atom. The van der Waals surface area contributed by atoms with E-state index < -0.39 is 6.10 Å². The lowest BCUT2D eigenvalue weighted by molar-refractivity contribution is 0.141. The van der Waals surface area contributed by atoms with Crippen LogP contribution in [0.5, 0.6) is 0 Å². The summed E-state index contributed by atoms with van der Waals surface area (Å²) in [6.45, 7) is 3.88. The van der Waals surface area contributed by atoms with Gasteiger partial charge in [0.05, 0.1) is 12.7 Å². The Labute approximate surface area is 101 Å². The number of aliphatic hydroxyl groups is 1. The molecule has 2 atom stereocenters. The standard InChI is InChI=1S/C13H18FNO2/c1-13(5-6-17-9-13)15-8-12(16)10-3-2-4-11(14)7-10/h2-4,7,12,15-16H,5-6,8-9H2,1H3. The van der Waals surface area contributed by atoms with Crippen molar-refractivity contribution in [3.8, 4) is 0 Å².